The maximum absolute atomic E-state index is 12.6. The van der Waals surface area contributed by atoms with Gasteiger partial charge in [0, 0.05) is 36.4 Å². The van der Waals surface area contributed by atoms with Crippen LogP contribution >= 0.6 is 23.5 Å². The number of aromatic carboxylic acids is 1. The molecule has 1 aromatic rings. The van der Waals surface area contributed by atoms with E-state index in [-0.39, 0.29) is 17.2 Å². The van der Waals surface area contributed by atoms with E-state index in [9.17, 15) is 14.4 Å². The van der Waals surface area contributed by atoms with Gasteiger partial charge in [0.05, 0.1) is 11.4 Å². The van der Waals surface area contributed by atoms with Gasteiger partial charge < -0.3 is 19.3 Å². The summed E-state index contributed by atoms with van der Waals surface area (Å²) in [4.78, 5) is 39.3. The minimum Gasteiger partial charge on any atom is -0.478 e. The average Bonchev–Trinajstić information content (AvgIpc) is 3.23. The van der Waals surface area contributed by atoms with Crippen molar-refractivity contribution in [1.29, 1.82) is 0 Å². The molecule has 9 heteroatoms. The molecule has 0 bridgehead atoms. The normalized spacial score (nSPS) is 21.5. The van der Waals surface area contributed by atoms with Gasteiger partial charge in [-0.1, -0.05) is 0 Å². The van der Waals surface area contributed by atoms with Crippen LogP contribution < -0.4 is 0 Å². The number of furan rings is 1. The highest BCUT2D eigenvalue weighted by Crippen LogP contribution is 2.26. The number of amides is 2. The second kappa shape index (κ2) is 6.88. The Morgan fingerprint density at radius 2 is 1.96 bits per heavy atom. The topological polar surface area (TPSA) is 91.1 Å². The summed E-state index contributed by atoms with van der Waals surface area (Å²) in [6.07, 6.45) is 1.04. The van der Waals surface area contributed by atoms with Crippen LogP contribution in [0.4, 0.5) is 0 Å². The van der Waals surface area contributed by atoms with Gasteiger partial charge in [-0.2, -0.15) is 11.8 Å². The summed E-state index contributed by atoms with van der Waals surface area (Å²) in [5.74, 6) is 1.13. The fraction of sp³-hybridized carbons (Fsp3) is 0.500. The van der Waals surface area contributed by atoms with Crippen LogP contribution in [-0.4, -0.2) is 75.0 Å². The smallest absolute Gasteiger partial charge is 0.338 e. The predicted octanol–water partition coefficient (Wildman–Crippen LogP) is 1.07. The monoisotopic (exact) mass is 356 g/mol. The van der Waals surface area contributed by atoms with E-state index in [4.69, 9.17) is 9.52 Å². The van der Waals surface area contributed by atoms with Gasteiger partial charge in [-0.3, -0.25) is 9.59 Å². The van der Waals surface area contributed by atoms with Crippen LogP contribution in [0.5, 0.6) is 0 Å². The molecule has 7 nitrogen and oxygen atoms in total. The molecule has 2 amide bonds. The van der Waals surface area contributed by atoms with Crippen LogP contribution in [0.3, 0.4) is 0 Å². The number of hydrogen-bond acceptors (Lipinski definition) is 6. The van der Waals surface area contributed by atoms with Crippen LogP contribution in [0, 0.1) is 0 Å². The van der Waals surface area contributed by atoms with Crippen molar-refractivity contribution in [2.24, 2.45) is 0 Å². The zero-order valence-electron chi connectivity index (χ0n) is 12.3. The lowest BCUT2D eigenvalue weighted by molar-refractivity contribution is -0.134. The second-order valence-corrected chi connectivity index (χ2v) is 7.46. The maximum Gasteiger partial charge on any atom is 0.338 e. The number of nitrogens with zero attached hydrogens (tertiary/aromatic N) is 2. The first-order valence-corrected chi connectivity index (χ1v) is 9.46. The van der Waals surface area contributed by atoms with Gasteiger partial charge in [-0.15, -0.1) is 11.8 Å². The fourth-order valence-corrected chi connectivity index (χ4v) is 4.59. The summed E-state index contributed by atoms with van der Waals surface area (Å²) in [6, 6.07) is 0.696. The number of carboxylic acids is 1. The van der Waals surface area contributed by atoms with Crippen LogP contribution in [0.2, 0.25) is 0 Å². The van der Waals surface area contributed by atoms with Crippen LogP contribution in [0.25, 0.3) is 0 Å². The minimum absolute atomic E-state index is 0.0336. The number of carbonyl (C=O) groups excluding carboxylic acids is 2. The number of carbonyl (C=O) groups is 3. The van der Waals surface area contributed by atoms with Gasteiger partial charge in [-0.05, 0) is 0 Å². The average molecular weight is 356 g/mol. The SMILES string of the molecule is O=C(O)c1coc(C(=O)N2CSCC2C(=O)N2CCSCC2)c1. The molecule has 0 radical (unpaired) electrons. The summed E-state index contributed by atoms with van der Waals surface area (Å²) >= 11 is 3.33. The molecular weight excluding hydrogens is 340 g/mol. The fourth-order valence-electron chi connectivity index (χ4n) is 2.54. The number of carboxylic acid groups (broad SMARTS) is 1. The van der Waals surface area contributed by atoms with Crippen molar-refractivity contribution in [3.05, 3.63) is 23.7 Å². The van der Waals surface area contributed by atoms with Gasteiger partial charge in [0.2, 0.25) is 5.91 Å². The molecule has 2 aliphatic heterocycles. The molecule has 3 heterocycles. The molecule has 0 spiro atoms. The van der Waals surface area contributed by atoms with Crippen molar-refractivity contribution in [2.75, 3.05) is 36.2 Å². The number of hydrogen-bond donors (Lipinski definition) is 1. The van der Waals surface area contributed by atoms with E-state index in [0.29, 0.717) is 24.7 Å². The summed E-state index contributed by atoms with van der Waals surface area (Å²) < 4.78 is 5.06. The van der Waals surface area contributed by atoms with Crippen molar-refractivity contribution >= 4 is 41.3 Å². The summed E-state index contributed by atoms with van der Waals surface area (Å²) in [5.41, 5.74) is -0.0730. The largest absolute Gasteiger partial charge is 0.478 e. The van der Waals surface area contributed by atoms with Crippen LogP contribution in [0.1, 0.15) is 20.9 Å². The van der Waals surface area contributed by atoms with Crippen molar-refractivity contribution in [2.45, 2.75) is 6.04 Å². The zero-order valence-corrected chi connectivity index (χ0v) is 13.9. The lowest BCUT2D eigenvalue weighted by atomic mass is 10.2. The highest BCUT2D eigenvalue weighted by atomic mass is 32.2. The first kappa shape index (κ1) is 16.3. The Kier molecular flexibility index (Phi) is 4.86. The van der Waals surface area contributed by atoms with E-state index in [0.717, 1.165) is 17.8 Å². The third kappa shape index (κ3) is 3.35. The number of rotatable bonds is 3. The highest BCUT2D eigenvalue weighted by Gasteiger charge is 2.38. The molecule has 124 valence electrons. The third-order valence-electron chi connectivity index (χ3n) is 3.81. The van der Waals surface area contributed by atoms with Crippen molar-refractivity contribution in [1.82, 2.24) is 9.80 Å². The Morgan fingerprint density at radius 1 is 1.22 bits per heavy atom. The molecule has 0 aromatic carbocycles. The highest BCUT2D eigenvalue weighted by molar-refractivity contribution is 7.99. The van der Waals surface area contributed by atoms with Gasteiger partial charge in [-0.25, -0.2) is 4.79 Å². The lowest BCUT2D eigenvalue weighted by Gasteiger charge is -2.31. The molecule has 2 fully saturated rings. The van der Waals surface area contributed by atoms with E-state index in [1.807, 2.05) is 11.8 Å². The van der Waals surface area contributed by atoms with Crippen molar-refractivity contribution in [3.63, 3.8) is 0 Å². The van der Waals surface area contributed by atoms with E-state index in [2.05, 4.69) is 0 Å². The molecule has 0 saturated carbocycles. The van der Waals surface area contributed by atoms with E-state index >= 15 is 0 Å². The Bertz CT molecular complexity index is 626. The summed E-state index contributed by atoms with van der Waals surface area (Å²) in [7, 11) is 0. The molecule has 23 heavy (non-hydrogen) atoms. The van der Waals surface area contributed by atoms with Crippen molar-refractivity contribution in [3.8, 4) is 0 Å². The van der Waals surface area contributed by atoms with Gasteiger partial charge in [0.15, 0.2) is 5.76 Å². The predicted molar refractivity (Wildman–Crippen MR) is 86.9 cm³/mol. The van der Waals surface area contributed by atoms with Gasteiger partial charge >= 0.3 is 5.97 Å². The first-order valence-electron chi connectivity index (χ1n) is 7.15. The molecule has 1 N–H and O–H groups in total. The van der Waals surface area contributed by atoms with E-state index < -0.39 is 17.9 Å². The molecule has 1 unspecified atom stereocenters. The summed E-state index contributed by atoms with van der Waals surface area (Å²) in [6.45, 7) is 1.41. The lowest BCUT2D eigenvalue weighted by Crippen LogP contribution is -2.51. The van der Waals surface area contributed by atoms with E-state index in [1.165, 1.54) is 22.7 Å². The molecule has 3 rings (SSSR count). The standard InChI is InChI=1S/C14H16N2O5S2/c17-12(15-1-3-22-4-2-15)10-7-23-8-16(10)13(18)11-5-9(6-21-11)14(19)20/h5-6,10H,1-4,7-8H2,(H,19,20). The molecule has 2 aliphatic rings. The van der Waals surface area contributed by atoms with Crippen molar-refractivity contribution < 1.29 is 23.9 Å². The molecule has 1 atom stereocenters. The Labute approximate surface area is 141 Å². The Balaban J connectivity index is 1.73. The molecular formula is C14H16N2O5S2. The van der Waals surface area contributed by atoms with Crippen LogP contribution in [0.15, 0.2) is 16.7 Å². The first-order chi connectivity index (χ1) is 11.1. The van der Waals surface area contributed by atoms with Crippen LogP contribution in [-0.2, 0) is 4.79 Å². The van der Waals surface area contributed by atoms with E-state index in [1.54, 1.807) is 4.90 Å². The van der Waals surface area contributed by atoms with Gasteiger partial charge in [0.1, 0.15) is 12.3 Å². The quantitative estimate of drug-likeness (QED) is 0.866. The molecule has 0 aliphatic carbocycles. The number of thioether (sulfide) groups is 2. The van der Waals surface area contributed by atoms with Gasteiger partial charge in [0.25, 0.3) is 5.91 Å². The Hall–Kier alpha value is -1.61. The zero-order chi connectivity index (χ0) is 16.4. The maximum atomic E-state index is 12.6. The minimum atomic E-state index is -1.15. The molecule has 2 saturated heterocycles. The third-order valence-corrected chi connectivity index (χ3v) is 5.76. The molecule has 1 aromatic heterocycles. The second-order valence-electron chi connectivity index (χ2n) is 5.23. The summed E-state index contributed by atoms with van der Waals surface area (Å²) in [5, 5.41) is 8.90. The Morgan fingerprint density at radius 3 is 2.61 bits per heavy atom.